The molecule has 2 fully saturated rings. The second-order valence-electron chi connectivity index (χ2n) is 7.04. The average Bonchev–Trinajstić information content (AvgIpc) is 3.10. The first-order valence-electron chi connectivity index (χ1n) is 8.27. The molecule has 1 aromatic rings. The molecule has 2 aliphatic rings. The Morgan fingerprint density at radius 3 is 2.62 bits per heavy atom. The van der Waals surface area contributed by atoms with E-state index in [1.54, 1.807) is 0 Å². The Kier molecular flexibility index (Phi) is 5.19. The van der Waals surface area contributed by atoms with Crippen molar-refractivity contribution in [2.24, 2.45) is 11.8 Å². The highest BCUT2D eigenvalue weighted by molar-refractivity contribution is 7.99. The number of nitrogens with zero attached hydrogens (tertiary/aromatic N) is 3. The first kappa shape index (κ1) is 17.7. The SMILES string of the molecule is C[C@H]1C[C@H](C)CN(C(=O)CSc2nnc([C@@H]3CCS(=O)(=O)C3)o2)C1. The Morgan fingerprint density at radius 2 is 2.00 bits per heavy atom. The van der Waals surface area contributed by atoms with Crippen LogP contribution in [0.4, 0.5) is 0 Å². The van der Waals surface area contributed by atoms with Crippen molar-refractivity contribution < 1.29 is 17.6 Å². The minimum atomic E-state index is -2.98. The summed E-state index contributed by atoms with van der Waals surface area (Å²) in [6.45, 7) is 5.95. The zero-order chi connectivity index (χ0) is 17.3. The van der Waals surface area contributed by atoms with Gasteiger partial charge in [-0.2, -0.15) is 0 Å². The van der Waals surface area contributed by atoms with Crippen LogP contribution < -0.4 is 0 Å². The number of sulfone groups is 1. The molecule has 1 amide bonds. The Morgan fingerprint density at radius 1 is 1.29 bits per heavy atom. The van der Waals surface area contributed by atoms with Crippen LogP contribution in [0.15, 0.2) is 9.64 Å². The molecule has 3 atom stereocenters. The van der Waals surface area contributed by atoms with Crippen LogP contribution in [0.5, 0.6) is 0 Å². The van der Waals surface area contributed by atoms with Crippen LogP contribution in [-0.4, -0.2) is 59.8 Å². The number of rotatable bonds is 4. The predicted octanol–water partition coefficient (Wildman–Crippen LogP) is 1.57. The van der Waals surface area contributed by atoms with Gasteiger partial charge in [0.2, 0.25) is 11.8 Å². The first-order valence-corrected chi connectivity index (χ1v) is 11.1. The van der Waals surface area contributed by atoms with E-state index in [4.69, 9.17) is 4.42 Å². The summed E-state index contributed by atoms with van der Waals surface area (Å²) in [6, 6.07) is 0. The molecule has 0 bridgehead atoms. The Hall–Kier alpha value is -1.09. The summed E-state index contributed by atoms with van der Waals surface area (Å²) in [7, 11) is -2.98. The van der Waals surface area contributed by atoms with E-state index in [0.29, 0.717) is 29.4 Å². The smallest absolute Gasteiger partial charge is 0.277 e. The number of hydrogen-bond donors (Lipinski definition) is 0. The molecular formula is C15H23N3O4S2. The van der Waals surface area contributed by atoms with Crippen molar-refractivity contribution in [3.63, 3.8) is 0 Å². The van der Waals surface area contributed by atoms with E-state index < -0.39 is 9.84 Å². The number of thioether (sulfide) groups is 1. The van der Waals surface area contributed by atoms with Crippen LogP contribution in [0, 0.1) is 11.8 Å². The lowest BCUT2D eigenvalue weighted by Gasteiger charge is -2.34. The third kappa shape index (κ3) is 4.30. The van der Waals surface area contributed by atoms with Gasteiger partial charge in [0.1, 0.15) is 0 Å². The fraction of sp³-hybridized carbons (Fsp3) is 0.800. The Bertz CT molecular complexity index is 693. The molecule has 3 rings (SSSR count). The third-order valence-electron chi connectivity index (χ3n) is 4.54. The second kappa shape index (κ2) is 7.03. The van der Waals surface area contributed by atoms with Gasteiger partial charge in [-0.3, -0.25) is 4.79 Å². The van der Waals surface area contributed by atoms with Crippen LogP contribution >= 0.6 is 11.8 Å². The second-order valence-corrected chi connectivity index (χ2v) is 10.2. The molecule has 134 valence electrons. The summed E-state index contributed by atoms with van der Waals surface area (Å²) >= 11 is 1.22. The maximum Gasteiger partial charge on any atom is 0.277 e. The summed E-state index contributed by atoms with van der Waals surface area (Å²) in [5.74, 6) is 1.81. The van der Waals surface area contributed by atoms with Crippen LogP contribution in [0.25, 0.3) is 0 Å². The maximum atomic E-state index is 12.3. The molecule has 0 unspecified atom stereocenters. The van der Waals surface area contributed by atoms with Crippen LogP contribution in [0.2, 0.25) is 0 Å². The van der Waals surface area contributed by atoms with E-state index in [1.807, 2.05) is 4.90 Å². The van der Waals surface area contributed by atoms with E-state index >= 15 is 0 Å². The zero-order valence-corrected chi connectivity index (χ0v) is 15.6. The van der Waals surface area contributed by atoms with Gasteiger partial charge in [0.25, 0.3) is 5.22 Å². The highest BCUT2D eigenvalue weighted by atomic mass is 32.2. The van der Waals surface area contributed by atoms with Gasteiger partial charge < -0.3 is 9.32 Å². The molecule has 2 aliphatic heterocycles. The van der Waals surface area contributed by atoms with Crippen LogP contribution in [0.1, 0.15) is 38.5 Å². The number of likely N-dealkylation sites (tertiary alicyclic amines) is 1. The Labute approximate surface area is 146 Å². The lowest BCUT2D eigenvalue weighted by Crippen LogP contribution is -2.43. The molecule has 0 N–H and O–H groups in total. The molecule has 9 heteroatoms. The lowest BCUT2D eigenvalue weighted by molar-refractivity contribution is -0.130. The van der Waals surface area contributed by atoms with E-state index in [-0.39, 0.29) is 29.1 Å². The number of aromatic nitrogens is 2. The lowest BCUT2D eigenvalue weighted by atomic mass is 9.92. The van der Waals surface area contributed by atoms with Gasteiger partial charge in [-0.15, -0.1) is 10.2 Å². The minimum Gasteiger partial charge on any atom is -0.416 e. The van der Waals surface area contributed by atoms with Gasteiger partial charge in [-0.25, -0.2) is 8.42 Å². The van der Waals surface area contributed by atoms with E-state index in [2.05, 4.69) is 24.0 Å². The van der Waals surface area contributed by atoms with Crippen molar-refractivity contribution in [3.8, 4) is 0 Å². The van der Waals surface area contributed by atoms with Crippen molar-refractivity contribution in [1.82, 2.24) is 15.1 Å². The molecule has 24 heavy (non-hydrogen) atoms. The van der Waals surface area contributed by atoms with E-state index in [0.717, 1.165) is 19.5 Å². The summed E-state index contributed by atoms with van der Waals surface area (Å²) in [4.78, 5) is 14.3. The van der Waals surface area contributed by atoms with Gasteiger partial charge in [-0.05, 0) is 24.7 Å². The Balaban J connectivity index is 1.53. The summed E-state index contributed by atoms with van der Waals surface area (Å²) in [5.41, 5.74) is 0. The highest BCUT2D eigenvalue weighted by Gasteiger charge is 2.33. The average molecular weight is 374 g/mol. The quantitative estimate of drug-likeness (QED) is 0.740. The molecule has 1 aromatic heterocycles. The first-order chi connectivity index (χ1) is 11.3. The summed E-state index contributed by atoms with van der Waals surface area (Å²) < 4.78 is 28.6. The van der Waals surface area contributed by atoms with Gasteiger partial charge >= 0.3 is 0 Å². The number of hydrogen-bond acceptors (Lipinski definition) is 7. The van der Waals surface area contributed by atoms with Crippen molar-refractivity contribution in [1.29, 1.82) is 0 Å². The predicted molar refractivity (Wildman–Crippen MR) is 90.6 cm³/mol. The normalized spacial score (nSPS) is 29.8. The fourth-order valence-electron chi connectivity index (χ4n) is 3.51. The van der Waals surface area contributed by atoms with Crippen molar-refractivity contribution in [3.05, 3.63) is 5.89 Å². The molecule has 0 saturated carbocycles. The van der Waals surface area contributed by atoms with Gasteiger partial charge in [0.05, 0.1) is 23.2 Å². The van der Waals surface area contributed by atoms with Crippen molar-refractivity contribution >= 4 is 27.5 Å². The fourth-order valence-corrected chi connectivity index (χ4v) is 5.92. The van der Waals surface area contributed by atoms with Gasteiger partial charge in [0, 0.05) is 13.1 Å². The molecular weight excluding hydrogens is 350 g/mol. The molecule has 3 heterocycles. The standard InChI is InChI=1S/C15H23N3O4S2/c1-10-5-11(2)7-18(6-10)13(19)8-23-15-17-16-14(22-15)12-3-4-24(20,21)9-12/h10-12H,3-9H2,1-2H3/t10-,11-,12+/m0/s1. The van der Waals surface area contributed by atoms with Crippen molar-refractivity contribution in [2.45, 2.75) is 37.8 Å². The molecule has 0 spiro atoms. The minimum absolute atomic E-state index is 0.0712. The molecule has 0 radical (unpaired) electrons. The third-order valence-corrected chi connectivity index (χ3v) is 7.12. The number of piperidine rings is 1. The van der Waals surface area contributed by atoms with Gasteiger partial charge in [0.15, 0.2) is 9.84 Å². The van der Waals surface area contributed by atoms with Gasteiger partial charge in [-0.1, -0.05) is 25.6 Å². The van der Waals surface area contributed by atoms with Crippen LogP contribution in [-0.2, 0) is 14.6 Å². The molecule has 2 saturated heterocycles. The number of amides is 1. The van der Waals surface area contributed by atoms with Crippen molar-refractivity contribution in [2.75, 3.05) is 30.3 Å². The summed E-state index contributed by atoms with van der Waals surface area (Å²) in [6.07, 6.45) is 1.69. The largest absolute Gasteiger partial charge is 0.416 e. The van der Waals surface area contributed by atoms with E-state index in [1.165, 1.54) is 11.8 Å². The summed E-state index contributed by atoms with van der Waals surface area (Å²) in [5, 5.41) is 8.22. The monoisotopic (exact) mass is 373 g/mol. The van der Waals surface area contributed by atoms with E-state index in [9.17, 15) is 13.2 Å². The number of carbonyl (C=O) groups excluding carboxylic acids is 1. The maximum absolute atomic E-state index is 12.3. The zero-order valence-electron chi connectivity index (χ0n) is 14.0. The number of carbonyl (C=O) groups is 1. The topological polar surface area (TPSA) is 93.4 Å². The highest BCUT2D eigenvalue weighted by Crippen LogP contribution is 2.30. The molecule has 0 aromatic carbocycles. The van der Waals surface area contributed by atoms with Crippen LogP contribution in [0.3, 0.4) is 0 Å². The molecule has 7 nitrogen and oxygen atoms in total. The molecule has 0 aliphatic carbocycles.